The molecule has 0 atom stereocenters. The summed E-state index contributed by atoms with van der Waals surface area (Å²) in [6.07, 6.45) is 0. The molecule has 0 aliphatic heterocycles. The maximum atomic E-state index is 2.12. The molecule has 0 aliphatic carbocycles. The van der Waals surface area contributed by atoms with Crippen molar-refractivity contribution in [1.82, 2.24) is 0 Å². The molecule has 0 spiro atoms. The smallest absolute Gasteiger partial charge is 0 e. The molecule has 1 nitrogen and oxygen atoms in total. The van der Waals surface area contributed by atoms with Crippen LogP contribution in [0, 0.1) is 6.92 Å². The molecule has 0 aromatic heterocycles. The Balaban J connectivity index is 0.000000280. The van der Waals surface area contributed by atoms with E-state index in [0.29, 0.717) is 0 Å². The molecule has 88 valence electrons. The average Bonchev–Trinajstić information content (AvgIpc) is 2.74. The maximum Gasteiger partial charge on any atom is 0 e. The van der Waals surface area contributed by atoms with E-state index in [2.05, 4.69) is 44.1 Å². The van der Waals surface area contributed by atoms with Gasteiger partial charge < -0.3 is 35.2 Å². The van der Waals surface area contributed by atoms with Crippen LogP contribution in [0.1, 0.15) is 5.56 Å². The standard InChI is InChI=1S/C8H12N.C5H5.Fe/c1-7-5-4-6-8(7)9(2)3;1-2-4-5-3-1;/h4-6H,1-3H3;1-5H;/q-1;-5;. The summed E-state index contributed by atoms with van der Waals surface area (Å²) in [4.78, 5) is 2.12. The van der Waals surface area contributed by atoms with E-state index in [1.54, 1.807) is 0 Å². The number of anilines is 1. The van der Waals surface area contributed by atoms with Gasteiger partial charge in [-0.2, -0.15) is 6.07 Å². The van der Waals surface area contributed by atoms with Crippen molar-refractivity contribution in [1.29, 1.82) is 0 Å². The van der Waals surface area contributed by atoms with Crippen LogP contribution >= 0.6 is 0 Å². The molecule has 2 aromatic rings. The van der Waals surface area contributed by atoms with Crippen LogP contribution in [-0.2, 0) is 17.1 Å². The van der Waals surface area contributed by atoms with Gasteiger partial charge in [-0.05, 0) is 14.1 Å². The summed E-state index contributed by atoms with van der Waals surface area (Å²) >= 11 is 0. The molecule has 2 aromatic carbocycles. The first-order valence-corrected chi connectivity index (χ1v) is 4.78. The second-order valence-electron chi connectivity index (χ2n) is 3.45. The van der Waals surface area contributed by atoms with Crippen LogP contribution < -0.4 is 4.90 Å². The predicted molar refractivity (Wildman–Crippen MR) is 63.1 cm³/mol. The Morgan fingerprint density at radius 2 is 1.53 bits per heavy atom. The van der Waals surface area contributed by atoms with Crippen LogP contribution in [0.25, 0.3) is 0 Å². The first-order valence-electron chi connectivity index (χ1n) is 4.78. The second kappa shape index (κ2) is 7.33. The molecule has 0 unspecified atom stereocenters. The molecule has 2 heteroatoms. The Morgan fingerprint density at radius 3 is 1.73 bits per heavy atom. The van der Waals surface area contributed by atoms with E-state index >= 15 is 0 Å². The van der Waals surface area contributed by atoms with E-state index < -0.39 is 0 Å². The predicted octanol–water partition coefficient (Wildman–Crippen LogP) is 3.18. The number of rotatable bonds is 1. The fourth-order valence-electron chi connectivity index (χ4n) is 1.32. The SMILES string of the molecule is Cc1ccc[c-]1N(C)C.[Fe].[cH-]1[cH-][cH-][cH-][cH-]1. The van der Waals surface area contributed by atoms with E-state index in [1.807, 2.05) is 30.3 Å². The van der Waals surface area contributed by atoms with Crippen LogP contribution in [0.5, 0.6) is 0 Å². The summed E-state index contributed by atoms with van der Waals surface area (Å²) in [6.45, 7) is 2.12. The van der Waals surface area contributed by atoms with E-state index in [-0.39, 0.29) is 17.1 Å². The molecule has 0 saturated carbocycles. The van der Waals surface area contributed by atoms with Crippen molar-refractivity contribution >= 4 is 5.69 Å². The van der Waals surface area contributed by atoms with Gasteiger partial charge in [-0.3, -0.25) is 0 Å². The number of hydrogen-bond donors (Lipinski definition) is 0. The van der Waals surface area contributed by atoms with Crippen LogP contribution in [0.2, 0.25) is 0 Å². The Morgan fingerprint density at radius 1 is 1.07 bits per heavy atom. The third-order valence-electron chi connectivity index (χ3n) is 2.04. The van der Waals surface area contributed by atoms with Gasteiger partial charge in [0, 0.05) is 17.1 Å². The van der Waals surface area contributed by atoms with E-state index in [0.717, 1.165) is 0 Å². The van der Waals surface area contributed by atoms with Crippen molar-refractivity contribution in [2.75, 3.05) is 19.0 Å². The minimum atomic E-state index is 0. The van der Waals surface area contributed by atoms with Gasteiger partial charge in [-0.1, -0.05) is 12.6 Å². The largest absolute Gasteiger partial charge is 0.748 e. The van der Waals surface area contributed by atoms with Crippen LogP contribution in [0.4, 0.5) is 5.69 Å². The Hall–Kier alpha value is -0.981. The van der Waals surface area contributed by atoms with Gasteiger partial charge in [0.1, 0.15) is 0 Å². The molecule has 2 rings (SSSR count). The van der Waals surface area contributed by atoms with Gasteiger partial charge in [-0.15, -0.1) is 5.56 Å². The number of nitrogens with zero attached hydrogens (tertiary/aromatic N) is 1. The third-order valence-corrected chi connectivity index (χ3v) is 2.04. The molecule has 0 N–H and O–H groups in total. The minimum absolute atomic E-state index is 0. The van der Waals surface area contributed by atoms with Crippen molar-refractivity contribution in [2.45, 2.75) is 6.92 Å². The maximum absolute atomic E-state index is 2.12. The zero-order chi connectivity index (χ0) is 10.4. The quantitative estimate of drug-likeness (QED) is 0.549. The summed E-state index contributed by atoms with van der Waals surface area (Å²) in [6, 6.07) is 16.3. The zero-order valence-electron chi connectivity index (χ0n) is 9.42. The van der Waals surface area contributed by atoms with Crippen LogP contribution in [0.15, 0.2) is 48.5 Å². The van der Waals surface area contributed by atoms with Gasteiger partial charge in [0.15, 0.2) is 0 Å². The molecule has 0 bridgehead atoms. The molecule has 0 amide bonds. The van der Waals surface area contributed by atoms with Crippen molar-refractivity contribution in [3.63, 3.8) is 0 Å². The van der Waals surface area contributed by atoms with Gasteiger partial charge >= 0.3 is 0 Å². The van der Waals surface area contributed by atoms with Crippen LogP contribution in [0.3, 0.4) is 0 Å². The van der Waals surface area contributed by atoms with Crippen LogP contribution in [-0.4, -0.2) is 14.1 Å². The molecule has 0 aliphatic rings. The van der Waals surface area contributed by atoms with E-state index in [4.69, 9.17) is 0 Å². The van der Waals surface area contributed by atoms with Gasteiger partial charge in [0.05, 0.1) is 0 Å². The summed E-state index contributed by atoms with van der Waals surface area (Å²) in [5, 5.41) is 0. The molecule has 0 fully saturated rings. The summed E-state index contributed by atoms with van der Waals surface area (Å²) in [5.74, 6) is 0. The van der Waals surface area contributed by atoms with Crippen molar-refractivity contribution in [2.24, 2.45) is 0 Å². The first-order chi connectivity index (χ1) is 6.72. The summed E-state index contributed by atoms with van der Waals surface area (Å²) < 4.78 is 0. The Bertz CT molecular complexity index is 316. The topological polar surface area (TPSA) is 3.24 Å². The fraction of sp³-hybridized carbons (Fsp3) is 0.231. The average molecular weight is 243 g/mol. The normalized spacial score (nSPS) is 8.47. The summed E-state index contributed by atoms with van der Waals surface area (Å²) in [5.41, 5.74) is 2.66. The number of aryl methyl sites for hydroxylation is 1. The van der Waals surface area contributed by atoms with E-state index in [1.165, 1.54) is 11.3 Å². The molecule has 15 heavy (non-hydrogen) atoms. The monoisotopic (exact) mass is 243 g/mol. The molecular weight excluding hydrogens is 226 g/mol. The van der Waals surface area contributed by atoms with Gasteiger partial charge in [0.25, 0.3) is 0 Å². The summed E-state index contributed by atoms with van der Waals surface area (Å²) in [7, 11) is 4.12. The zero-order valence-corrected chi connectivity index (χ0v) is 10.5. The van der Waals surface area contributed by atoms with Crippen molar-refractivity contribution in [3.05, 3.63) is 54.1 Å². The Kier molecular flexibility index (Phi) is 6.85. The second-order valence-corrected chi connectivity index (χ2v) is 3.45. The molecule has 0 radical (unpaired) electrons. The van der Waals surface area contributed by atoms with Gasteiger partial charge in [0.2, 0.25) is 0 Å². The van der Waals surface area contributed by atoms with Gasteiger partial charge in [-0.25, -0.2) is 12.1 Å². The number of hydrogen-bond acceptors (Lipinski definition) is 1. The molecule has 0 saturated heterocycles. The molecular formula is C13H17FeN-6. The van der Waals surface area contributed by atoms with Crippen molar-refractivity contribution in [3.8, 4) is 0 Å². The minimum Gasteiger partial charge on any atom is -0.748 e. The van der Waals surface area contributed by atoms with Crippen molar-refractivity contribution < 1.29 is 17.1 Å². The Labute approximate surface area is 103 Å². The third kappa shape index (κ3) is 4.87. The van der Waals surface area contributed by atoms with E-state index in [9.17, 15) is 0 Å². The fourth-order valence-corrected chi connectivity index (χ4v) is 1.32. The molecule has 0 heterocycles. The first kappa shape index (κ1) is 14.0.